The number of nitrogens with zero attached hydrogens (tertiary/aromatic N) is 9. The molecule has 0 atom stereocenters. The maximum absolute atomic E-state index is 12.1. The van der Waals surface area contributed by atoms with E-state index in [-0.39, 0.29) is 10.6 Å². The van der Waals surface area contributed by atoms with E-state index in [2.05, 4.69) is 49.3 Å². The van der Waals surface area contributed by atoms with Crippen molar-refractivity contribution in [3.8, 4) is 22.6 Å². The minimum absolute atomic E-state index is 0.0225. The van der Waals surface area contributed by atoms with E-state index in [4.69, 9.17) is 4.98 Å². The molecule has 42 heavy (non-hydrogen) atoms. The fourth-order valence-corrected chi connectivity index (χ4v) is 5.65. The van der Waals surface area contributed by atoms with E-state index in [9.17, 15) is 10.1 Å². The van der Waals surface area contributed by atoms with E-state index in [1.54, 1.807) is 16.9 Å². The maximum Gasteiger partial charge on any atom is 0.294 e. The number of nitrogens with one attached hydrogen (secondary N) is 1. The SMILES string of the molecule is Cc1cc(N(C)CCN(C)C)c([N+](=O)[O-])cc1Nc1ncc(-c2ncnn2C)c(-c2cn3c4c(cccc24)CCC3)n1. The second-order valence-corrected chi connectivity index (χ2v) is 11.1. The number of rotatable bonds is 9. The average molecular weight is 567 g/mol. The number of anilines is 3. The molecule has 2 aromatic carbocycles. The van der Waals surface area contributed by atoms with Crippen LogP contribution < -0.4 is 10.2 Å². The lowest BCUT2D eigenvalue weighted by molar-refractivity contribution is -0.384. The van der Waals surface area contributed by atoms with Gasteiger partial charge in [-0.25, -0.2) is 19.6 Å². The van der Waals surface area contributed by atoms with Gasteiger partial charge in [0.2, 0.25) is 5.95 Å². The van der Waals surface area contributed by atoms with Gasteiger partial charge in [-0.15, -0.1) is 0 Å². The number of para-hydroxylation sites is 1. The summed E-state index contributed by atoms with van der Waals surface area (Å²) in [5, 5.41) is 20.8. The van der Waals surface area contributed by atoms with Gasteiger partial charge in [-0.2, -0.15) is 5.10 Å². The molecule has 0 saturated heterocycles. The molecular formula is C30H34N10O2. The Kier molecular flexibility index (Phi) is 7.07. The molecular weight excluding hydrogens is 532 g/mol. The molecule has 12 heteroatoms. The number of aromatic nitrogens is 6. The highest BCUT2D eigenvalue weighted by atomic mass is 16.6. The van der Waals surface area contributed by atoms with Crippen molar-refractivity contribution >= 4 is 33.9 Å². The third-order valence-corrected chi connectivity index (χ3v) is 7.88. The van der Waals surface area contributed by atoms with Gasteiger partial charge in [-0.1, -0.05) is 18.2 Å². The second kappa shape index (κ2) is 10.9. The molecule has 0 aliphatic carbocycles. The molecule has 216 valence electrons. The fraction of sp³-hybridized carbons (Fsp3) is 0.333. The van der Waals surface area contributed by atoms with Crippen LogP contribution in [-0.4, -0.2) is 73.4 Å². The topological polar surface area (TPSA) is 123 Å². The van der Waals surface area contributed by atoms with Crippen LogP contribution >= 0.6 is 0 Å². The molecule has 1 aliphatic rings. The van der Waals surface area contributed by atoms with Crippen LogP contribution in [0.25, 0.3) is 33.5 Å². The van der Waals surface area contributed by atoms with E-state index >= 15 is 0 Å². The highest BCUT2D eigenvalue weighted by Gasteiger charge is 2.24. The van der Waals surface area contributed by atoms with Gasteiger partial charge in [0, 0.05) is 63.1 Å². The summed E-state index contributed by atoms with van der Waals surface area (Å²) in [6, 6.07) is 9.83. The molecule has 0 bridgehead atoms. The molecule has 3 aromatic heterocycles. The van der Waals surface area contributed by atoms with Crippen LogP contribution in [0.3, 0.4) is 0 Å². The van der Waals surface area contributed by atoms with Gasteiger partial charge in [-0.05, 0) is 51.1 Å². The Morgan fingerprint density at radius 1 is 1.12 bits per heavy atom. The van der Waals surface area contributed by atoms with Crippen LogP contribution in [0.5, 0.6) is 0 Å². The Hall–Kier alpha value is -4.84. The van der Waals surface area contributed by atoms with Gasteiger partial charge in [0.1, 0.15) is 12.0 Å². The summed E-state index contributed by atoms with van der Waals surface area (Å²) in [6.07, 6.45) is 7.56. The lowest BCUT2D eigenvalue weighted by atomic mass is 10.0. The summed E-state index contributed by atoms with van der Waals surface area (Å²) in [7, 11) is 7.68. The first-order valence-electron chi connectivity index (χ1n) is 14.0. The molecule has 0 fully saturated rings. The van der Waals surface area contributed by atoms with E-state index in [1.807, 2.05) is 51.0 Å². The summed E-state index contributed by atoms with van der Waals surface area (Å²) in [5.41, 5.74) is 7.04. The van der Waals surface area contributed by atoms with Crippen LogP contribution in [0.1, 0.15) is 17.5 Å². The minimum Gasteiger partial charge on any atom is -0.368 e. The average Bonchev–Trinajstić information content (AvgIpc) is 3.57. The van der Waals surface area contributed by atoms with Crippen molar-refractivity contribution in [2.24, 2.45) is 7.05 Å². The number of benzene rings is 2. The zero-order valence-electron chi connectivity index (χ0n) is 24.5. The molecule has 0 radical (unpaired) electrons. The second-order valence-electron chi connectivity index (χ2n) is 11.1. The number of nitro groups is 1. The van der Waals surface area contributed by atoms with Crippen molar-refractivity contribution in [3.63, 3.8) is 0 Å². The Labute approximate surface area is 243 Å². The highest BCUT2D eigenvalue weighted by Crippen LogP contribution is 2.39. The predicted octanol–water partition coefficient (Wildman–Crippen LogP) is 4.80. The molecule has 0 unspecified atom stereocenters. The standard InChI is InChI=1S/C30H34N10O2/c1-19-14-25(37(4)13-12-36(2)3)26(40(41)42)15-24(19)34-30-31-16-22(29-32-18-33-38(29)5)27(35-30)23-17-39-11-7-9-20-8-6-10-21(23)28(20)39/h6,8,10,14-18H,7,9,11-13H2,1-5H3,(H,31,34,35). The normalized spacial score (nSPS) is 12.7. The number of hydrogen-bond acceptors (Lipinski definition) is 9. The monoisotopic (exact) mass is 566 g/mol. The Balaban J connectivity index is 1.44. The molecule has 0 amide bonds. The van der Waals surface area contributed by atoms with E-state index < -0.39 is 0 Å². The van der Waals surface area contributed by atoms with Gasteiger partial charge in [0.25, 0.3) is 5.69 Å². The molecule has 1 N–H and O–H groups in total. The summed E-state index contributed by atoms with van der Waals surface area (Å²) >= 11 is 0. The Morgan fingerprint density at radius 3 is 2.69 bits per heavy atom. The number of nitro benzene ring substituents is 1. The van der Waals surface area contributed by atoms with Crippen molar-refractivity contribution in [2.75, 3.05) is 44.4 Å². The molecule has 4 heterocycles. The van der Waals surface area contributed by atoms with E-state index in [0.29, 0.717) is 29.7 Å². The van der Waals surface area contributed by atoms with Crippen LogP contribution in [0, 0.1) is 17.0 Å². The third-order valence-electron chi connectivity index (χ3n) is 7.88. The molecule has 5 aromatic rings. The lowest BCUT2D eigenvalue weighted by Gasteiger charge is -2.22. The number of hydrogen-bond donors (Lipinski definition) is 1. The first kappa shape index (κ1) is 27.3. The van der Waals surface area contributed by atoms with Crippen molar-refractivity contribution in [1.82, 2.24) is 34.2 Å². The van der Waals surface area contributed by atoms with Gasteiger partial charge in [0.05, 0.1) is 27.4 Å². The highest BCUT2D eigenvalue weighted by molar-refractivity contribution is 6.00. The zero-order valence-corrected chi connectivity index (χ0v) is 24.5. The molecule has 0 spiro atoms. The first-order chi connectivity index (χ1) is 20.2. The molecule has 6 rings (SSSR count). The van der Waals surface area contributed by atoms with Crippen molar-refractivity contribution in [2.45, 2.75) is 26.3 Å². The van der Waals surface area contributed by atoms with E-state index in [1.165, 1.54) is 17.4 Å². The van der Waals surface area contributed by atoms with Crippen molar-refractivity contribution < 1.29 is 4.92 Å². The summed E-state index contributed by atoms with van der Waals surface area (Å²) in [4.78, 5) is 29.8. The summed E-state index contributed by atoms with van der Waals surface area (Å²) in [5.74, 6) is 0.995. The zero-order chi connectivity index (χ0) is 29.5. The number of aryl methyl sites for hydroxylation is 4. The Bertz CT molecular complexity index is 1810. The van der Waals surface area contributed by atoms with Crippen LogP contribution in [0.4, 0.5) is 23.0 Å². The summed E-state index contributed by atoms with van der Waals surface area (Å²) in [6.45, 7) is 4.31. The number of likely N-dealkylation sites (N-methyl/N-ethyl adjacent to an activating group) is 2. The fourth-order valence-electron chi connectivity index (χ4n) is 5.65. The maximum atomic E-state index is 12.1. The molecule has 0 saturated carbocycles. The van der Waals surface area contributed by atoms with Crippen molar-refractivity contribution in [3.05, 3.63) is 70.3 Å². The summed E-state index contributed by atoms with van der Waals surface area (Å²) < 4.78 is 4.01. The van der Waals surface area contributed by atoms with Gasteiger partial charge in [-0.3, -0.25) is 10.1 Å². The van der Waals surface area contributed by atoms with Crippen molar-refractivity contribution in [1.29, 1.82) is 0 Å². The van der Waals surface area contributed by atoms with Gasteiger partial charge < -0.3 is 19.7 Å². The lowest BCUT2D eigenvalue weighted by Crippen LogP contribution is -2.29. The van der Waals surface area contributed by atoms with Gasteiger partial charge >= 0.3 is 0 Å². The van der Waals surface area contributed by atoms with Crippen LogP contribution in [0.2, 0.25) is 0 Å². The van der Waals surface area contributed by atoms with Crippen LogP contribution in [0.15, 0.2) is 49.1 Å². The molecule has 1 aliphatic heterocycles. The van der Waals surface area contributed by atoms with Crippen LogP contribution in [-0.2, 0) is 20.0 Å². The third kappa shape index (κ3) is 4.94. The molecule has 12 nitrogen and oxygen atoms in total. The van der Waals surface area contributed by atoms with E-state index in [0.717, 1.165) is 53.7 Å². The quantitative estimate of drug-likeness (QED) is 0.198. The van der Waals surface area contributed by atoms with Gasteiger partial charge in [0.15, 0.2) is 5.82 Å². The minimum atomic E-state index is -0.344. The smallest absolute Gasteiger partial charge is 0.294 e. The Morgan fingerprint density at radius 2 is 1.95 bits per heavy atom. The largest absolute Gasteiger partial charge is 0.368 e. The predicted molar refractivity (Wildman–Crippen MR) is 164 cm³/mol. The first-order valence-corrected chi connectivity index (χ1v) is 14.0.